The van der Waals surface area contributed by atoms with Crippen molar-refractivity contribution in [3.8, 4) is 0 Å². The number of furan rings is 1. The normalized spacial score (nSPS) is 11.0. The first-order chi connectivity index (χ1) is 14.8. The van der Waals surface area contributed by atoms with Crippen LogP contribution in [0.3, 0.4) is 0 Å². The van der Waals surface area contributed by atoms with Gasteiger partial charge in [0, 0.05) is 17.1 Å². The lowest BCUT2D eigenvalue weighted by atomic mass is 10.0. The molecule has 0 aliphatic carbocycles. The number of nitrogens with one attached hydrogen (secondary N) is 2. The second kappa shape index (κ2) is 10.3. The lowest BCUT2D eigenvalue weighted by Gasteiger charge is -2.26. The van der Waals surface area contributed by atoms with E-state index in [4.69, 9.17) is 4.42 Å². The van der Waals surface area contributed by atoms with Crippen molar-refractivity contribution >= 4 is 29.0 Å². The van der Waals surface area contributed by atoms with Crippen LogP contribution in [0.15, 0.2) is 52.5 Å². The summed E-state index contributed by atoms with van der Waals surface area (Å²) in [6, 6.07) is 11.2. The minimum atomic E-state index is -0.273. The van der Waals surface area contributed by atoms with Gasteiger partial charge in [0.25, 0.3) is 5.91 Å². The molecular formula is C23H28N4O3S. The first kappa shape index (κ1) is 22.6. The second-order valence-corrected chi connectivity index (χ2v) is 8.76. The third-order valence-electron chi connectivity index (χ3n) is 4.81. The summed E-state index contributed by atoms with van der Waals surface area (Å²) in [5.41, 5.74) is 2.30. The predicted octanol–water partition coefficient (Wildman–Crippen LogP) is 5.23. The van der Waals surface area contributed by atoms with Crippen LogP contribution in [0.5, 0.6) is 0 Å². The Labute approximate surface area is 186 Å². The summed E-state index contributed by atoms with van der Waals surface area (Å²) in [7, 11) is 0. The number of nitrogens with zero attached hydrogens (tertiary/aromatic N) is 2. The summed E-state index contributed by atoms with van der Waals surface area (Å²) >= 11 is 1.36. The van der Waals surface area contributed by atoms with Crippen LogP contribution in [-0.2, 0) is 13.1 Å². The Balaban J connectivity index is 1.60. The van der Waals surface area contributed by atoms with Crippen LogP contribution in [0.4, 0.5) is 10.5 Å². The van der Waals surface area contributed by atoms with Gasteiger partial charge in [-0.05, 0) is 49.6 Å². The van der Waals surface area contributed by atoms with Gasteiger partial charge in [-0.25, -0.2) is 9.78 Å². The van der Waals surface area contributed by atoms with E-state index in [9.17, 15) is 9.59 Å². The zero-order valence-electron chi connectivity index (χ0n) is 18.2. The average Bonchev–Trinajstić information content (AvgIpc) is 3.42. The van der Waals surface area contributed by atoms with E-state index in [1.54, 1.807) is 28.7 Å². The Morgan fingerprint density at radius 3 is 2.48 bits per heavy atom. The highest BCUT2D eigenvalue weighted by atomic mass is 32.1. The van der Waals surface area contributed by atoms with Crippen molar-refractivity contribution in [2.45, 2.75) is 52.7 Å². The number of thiazole rings is 1. The maximum absolute atomic E-state index is 12.9. The van der Waals surface area contributed by atoms with Crippen molar-refractivity contribution in [1.82, 2.24) is 15.2 Å². The van der Waals surface area contributed by atoms with Crippen LogP contribution < -0.4 is 10.6 Å². The summed E-state index contributed by atoms with van der Waals surface area (Å²) in [5.74, 6) is 0.838. The van der Waals surface area contributed by atoms with Crippen LogP contribution in [0.1, 0.15) is 60.4 Å². The first-order valence-electron chi connectivity index (χ1n) is 10.3. The van der Waals surface area contributed by atoms with E-state index in [1.807, 2.05) is 38.1 Å². The Bertz CT molecular complexity index is 994. The standard InChI is InChI=1S/C23H28N4O3S/c1-15(2)17-7-9-18(10-8-17)25-23(29)27(16(3)4)13-21-26-20(14-31-21)22(28)24-12-19-6-5-11-30-19/h5-11,14-16H,12-13H2,1-4H3,(H,24,28)(H,25,29). The molecule has 164 valence electrons. The second-order valence-electron chi connectivity index (χ2n) is 7.82. The molecule has 3 rings (SSSR count). The van der Waals surface area contributed by atoms with E-state index in [0.717, 1.165) is 5.69 Å². The Hall–Kier alpha value is -3.13. The van der Waals surface area contributed by atoms with E-state index in [2.05, 4.69) is 29.5 Å². The van der Waals surface area contributed by atoms with Crippen molar-refractivity contribution < 1.29 is 14.0 Å². The smallest absolute Gasteiger partial charge is 0.322 e. The van der Waals surface area contributed by atoms with Crippen LogP contribution in [0.25, 0.3) is 0 Å². The Kier molecular flexibility index (Phi) is 7.46. The van der Waals surface area contributed by atoms with Crippen LogP contribution >= 0.6 is 11.3 Å². The fraction of sp³-hybridized carbons (Fsp3) is 0.348. The summed E-state index contributed by atoms with van der Waals surface area (Å²) in [6.07, 6.45) is 1.56. The van der Waals surface area contributed by atoms with Crippen molar-refractivity contribution in [2.75, 3.05) is 5.32 Å². The van der Waals surface area contributed by atoms with Crippen molar-refractivity contribution in [3.63, 3.8) is 0 Å². The highest BCUT2D eigenvalue weighted by molar-refractivity contribution is 7.09. The van der Waals surface area contributed by atoms with Gasteiger partial charge in [0.15, 0.2) is 0 Å². The van der Waals surface area contributed by atoms with Crippen molar-refractivity contribution in [1.29, 1.82) is 0 Å². The van der Waals surface area contributed by atoms with Gasteiger partial charge in [-0.15, -0.1) is 11.3 Å². The molecule has 0 radical (unpaired) electrons. The van der Waals surface area contributed by atoms with Gasteiger partial charge < -0.3 is 20.0 Å². The zero-order chi connectivity index (χ0) is 22.4. The van der Waals surface area contributed by atoms with Crippen LogP contribution in [-0.4, -0.2) is 27.9 Å². The molecule has 0 aliphatic rings. The van der Waals surface area contributed by atoms with Gasteiger partial charge in [-0.2, -0.15) is 0 Å². The number of urea groups is 1. The molecule has 0 saturated heterocycles. The molecule has 8 heteroatoms. The molecule has 0 atom stereocenters. The number of amides is 3. The zero-order valence-corrected chi connectivity index (χ0v) is 19.0. The lowest BCUT2D eigenvalue weighted by Crippen LogP contribution is -2.39. The number of hydrogen-bond acceptors (Lipinski definition) is 5. The quantitative estimate of drug-likeness (QED) is 0.502. The summed E-state index contributed by atoms with van der Waals surface area (Å²) in [6.45, 7) is 8.79. The number of benzene rings is 1. The fourth-order valence-corrected chi connectivity index (χ4v) is 3.71. The number of carbonyl (C=O) groups excluding carboxylic acids is 2. The number of carbonyl (C=O) groups is 2. The molecule has 31 heavy (non-hydrogen) atoms. The molecule has 3 amide bonds. The van der Waals surface area contributed by atoms with Crippen LogP contribution in [0, 0.1) is 0 Å². The van der Waals surface area contributed by atoms with Gasteiger partial charge >= 0.3 is 6.03 Å². The molecule has 0 bridgehead atoms. The van der Waals surface area contributed by atoms with E-state index < -0.39 is 0 Å². The van der Waals surface area contributed by atoms with Gasteiger partial charge in [0.1, 0.15) is 16.5 Å². The van der Waals surface area contributed by atoms with Gasteiger partial charge in [-0.3, -0.25) is 4.79 Å². The summed E-state index contributed by atoms with van der Waals surface area (Å²) in [4.78, 5) is 31.3. The molecule has 2 aromatic heterocycles. The molecule has 7 nitrogen and oxygen atoms in total. The largest absolute Gasteiger partial charge is 0.467 e. The van der Waals surface area contributed by atoms with E-state index in [1.165, 1.54) is 16.9 Å². The molecule has 0 saturated carbocycles. The lowest BCUT2D eigenvalue weighted by molar-refractivity contribution is 0.0943. The molecular weight excluding hydrogens is 412 g/mol. The molecule has 1 aromatic carbocycles. The molecule has 0 aliphatic heterocycles. The van der Waals surface area contributed by atoms with Crippen molar-refractivity contribution in [3.05, 3.63) is 70.1 Å². The fourth-order valence-electron chi connectivity index (χ4n) is 2.94. The summed E-state index contributed by atoms with van der Waals surface area (Å²) < 4.78 is 5.21. The van der Waals surface area contributed by atoms with E-state index in [0.29, 0.717) is 35.5 Å². The first-order valence-corrected chi connectivity index (χ1v) is 11.1. The average molecular weight is 441 g/mol. The number of anilines is 1. The van der Waals surface area contributed by atoms with Crippen molar-refractivity contribution in [2.24, 2.45) is 0 Å². The SMILES string of the molecule is CC(C)c1ccc(NC(=O)N(Cc2nc(C(=O)NCc3ccco3)cs2)C(C)C)cc1. The molecule has 2 heterocycles. The molecule has 2 N–H and O–H groups in total. The molecule has 0 fully saturated rings. The molecule has 0 spiro atoms. The molecule has 3 aromatic rings. The third-order valence-corrected chi connectivity index (χ3v) is 5.64. The minimum Gasteiger partial charge on any atom is -0.467 e. The van der Waals surface area contributed by atoms with Gasteiger partial charge in [0.05, 0.1) is 19.4 Å². The Morgan fingerprint density at radius 2 is 1.87 bits per heavy atom. The van der Waals surface area contributed by atoms with Crippen LogP contribution in [0.2, 0.25) is 0 Å². The van der Waals surface area contributed by atoms with E-state index >= 15 is 0 Å². The minimum absolute atomic E-state index is 0.0323. The number of aromatic nitrogens is 1. The number of rotatable bonds is 8. The third kappa shape index (κ3) is 6.18. The van der Waals surface area contributed by atoms with Gasteiger partial charge in [0.2, 0.25) is 0 Å². The predicted molar refractivity (Wildman–Crippen MR) is 122 cm³/mol. The maximum Gasteiger partial charge on any atom is 0.322 e. The highest BCUT2D eigenvalue weighted by Crippen LogP contribution is 2.19. The Morgan fingerprint density at radius 1 is 1.13 bits per heavy atom. The maximum atomic E-state index is 12.9. The highest BCUT2D eigenvalue weighted by Gasteiger charge is 2.20. The van der Waals surface area contributed by atoms with E-state index in [-0.39, 0.29) is 18.0 Å². The topological polar surface area (TPSA) is 87.5 Å². The number of hydrogen-bond donors (Lipinski definition) is 2. The summed E-state index contributed by atoms with van der Waals surface area (Å²) in [5, 5.41) is 8.13. The molecule has 0 unspecified atom stereocenters. The monoisotopic (exact) mass is 440 g/mol. The van der Waals surface area contributed by atoms with Gasteiger partial charge in [-0.1, -0.05) is 26.0 Å².